The maximum Gasteiger partial charge on any atom is 0.337 e. The molecule has 0 atom stereocenters. The van der Waals surface area contributed by atoms with Crippen LogP contribution in [0.15, 0.2) is 42.5 Å². The van der Waals surface area contributed by atoms with E-state index < -0.39 is 22.7 Å². The average Bonchev–Trinajstić information content (AvgIpc) is 3.01. The summed E-state index contributed by atoms with van der Waals surface area (Å²) in [6, 6.07) is 10.1. The molecule has 3 amide bonds. The number of nitro benzene ring substituents is 1. The quantitative estimate of drug-likeness (QED) is 0.296. The van der Waals surface area contributed by atoms with Gasteiger partial charge in [0.1, 0.15) is 0 Å². The minimum absolute atomic E-state index is 0.000877. The van der Waals surface area contributed by atoms with Gasteiger partial charge in [-0.25, -0.2) is 4.79 Å². The van der Waals surface area contributed by atoms with Crippen molar-refractivity contribution < 1.29 is 28.8 Å². The van der Waals surface area contributed by atoms with Crippen molar-refractivity contribution in [3.63, 3.8) is 0 Å². The maximum absolute atomic E-state index is 12.4. The van der Waals surface area contributed by atoms with Crippen molar-refractivity contribution in [2.45, 2.75) is 19.4 Å². The van der Waals surface area contributed by atoms with Crippen LogP contribution in [0.4, 0.5) is 5.69 Å². The summed E-state index contributed by atoms with van der Waals surface area (Å²) in [6.07, 6.45) is 0.342. The van der Waals surface area contributed by atoms with E-state index >= 15 is 0 Å². The Bertz CT molecular complexity index is 1060. The van der Waals surface area contributed by atoms with Gasteiger partial charge in [-0.2, -0.15) is 0 Å². The lowest BCUT2D eigenvalue weighted by Crippen LogP contribution is -2.32. The van der Waals surface area contributed by atoms with Crippen molar-refractivity contribution in [1.29, 1.82) is 0 Å². The van der Waals surface area contributed by atoms with Gasteiger partial charge in [-0.1, -0.05) is 12.1 Å². The Morgan fingerprint density at radius 1 is 1.06 bits per heavy atom. The molecule has 0 radical (unpaired) electrons. The number of ether oxygens (including phenoxy) is 1. The molecule has 3 rings (SSSR count). The van der Waals surface area contributed by atoms with Crippen LogP contribution in [0.2, 0.25) is 0 Å². The highest BCUT2D eigenvalue weighted by molar-refractivity contribution is 6.21. The number of carbonyl (C=O) groups is 4. The molecule has 0 spiro atoms. The molecule has 0 fully saturated rings. The smallest absolute Gasteiger partial charge is 0.337 e. The lowest BCUT2D eigenvalue weighted by Gasteiger charge is -2.13. The second-order valence-electron chi connectivity index (χ2n) is 6.82. The maximum atomic E-state index is 12.4. The molecule has 2 aromatic rings. The average molecular weight is 425 g/mol. The number of esters is 1. The molecule has 0 saturated carbocycles. The van der Waals surface area contributed by atoms with E-state index in [2.05, 4.69) is 10.1 Å². The molecule has 1 N–H and O–H groups in total. The highest BCUT2D eigenvalue weighted by Gasteiger charge is 2.36. The first-order valence-electron chi connectivity index (χ1n) is 9.40. The van der Waals surface area contributed by atoms with E-state index in [9.17, 15) is 29.3 Å². The zero-order valence-electron chi connectivity index (χ0n) is 16.6. The third-order valence-electron chi connectivity index (χ3n) is 4.82. The third-order valence-corrected chi connectivity index (χ3v) is 4.82. The van der Waals surface area contributed by atoms with Crippen molar-refractivity contribution in [2.24, 2.45) is 0 Å². The Morgan fingerprint density at radius 3 is 2.39 bits per heavy atom. The summed E-state index contributed by atoms with van der Waals surface area (Å²) in [5.74, 6) is -1.83. The largest absolute Gasteiger partial charge is 0.465 e. The van der Waals surface area contributed by atoms with Crippen LogP contribution in [-0.2, 0) is 16.1 Å². The molecular formula is C21H19N3O7. The van der Waals surface area contributed by atoms with Gasteiger partial charge in [-0.15, -0.1) is 0 Å². The SMILES string of the molecule is COC(=O)c1ccc(CNC(=O)CCCN2C(=O)c3ccc([N+](=O)[O-])cc3C2=O)cc1. The molecule has 0 aromatic heterocycles. The minimum Gasteiger partial charge on any atom is -0.465 e. The van der Waals surface area contributed by atoms with Crippen LogP contribution >= 0.6 is 0 Å². The van der Waals surface area contributed by atoms with Crippen LogP contribution in [0.1, 0.15) is 49.5 Å². The summed E-state index contributed by atoms with van der Waals surface area (Å²) in [5, 5.41) is 13.6. The van der Waals surface area contributed by atoms with Gasteiger partial charge in [0.2, 0.25) is 5.91 Å². The molecule has 1 aliphatic heterocycles. The van der Waals surface area contributed by atoms with E-state index in [4.69, 9.17) is 0 Å². The highest BCUT2D eigenvalue weighted by Crippen LogP contribution is 2.27. The molecule has 1 aliphatic rings. The Balaban J connectivity index is 1.48. The first kappa shape index (κ1) is 21.6. The summed E-state index contributed by atoms with van der Waals surface area (Å²) >= 11 is 0. The van der Waals surface area contributed by atoms with E-state index in [-0.39, 0.29) is 48.7 Å². The van der Waals surface area contributed by atoms with Crippen LogP contribution in [-0.4, -0.2) is 47.2 Å². The fourth-order valence-corrected chi connectivity index (χ4v) is 3.16. The summed E-state index contributed by atoms with van der Waals surface area (Å²) < 4.78 is 4.62. The van der Waals surface area contributed by atoms with E-state index in [1.54, 1.807) is 24.3 Å². The van der Waals surface area contributed by atoms with Crippen molar-refractivity contribution in [3.05, 3.63) is 74.8 Å². The molecular weight excluding hydrogens is 406 g/mol. The van der Waals surface area contributed by atoms with E-state index in [0.29, 0.717) is 5.56 Å². The standard InChI is InChI=1S/C21H19N3O7/c1-31-21(28)14-6-4-13(5-7-14)12-22-18(25)3-2-10-23-19(26)16-9-8-15(24(29)30)11-17(16)20(23)27/h4-9,11H,2-3,10,12H2,1H3,(H,22,25). The molecule has 10 nitrogen and oxygen atoms in total. The van der Waals surface area contributed by atoms with Crippen LogP contribution < -0.4 is 5.32 Å². The van der Waals surface area contributed by atoms with Crippen LogP contribution in [0, 0.1) is 10.1 Å². The van der Waals surface area contributed by atoms with E-state index in [0.717, 1.165) is 16.5 Å². The number of hydrogen-bond donors (Lipinski definition) is 1. The molecule has 2 aromatic carbocycles. The first-order valence-corrected chi connectivity index (χ1v) is 9.40. The Kier molecular flexibility index (Phi) is 6.39. The Hall–Kier alpha value is -4.08. The summed E-state index contributed by atoms with van der Waals surface area (Å²) in [6.45, 7) is 0.290. The third kappa shape index (κ3) is 4.74. The van der Waals surface area contributed by atoms with Crippen LogP contribution in [0.3, 0.4) is 0 Å². The normalized spacial score (nSPS) is 12.5. The summed E-state index contributed by atoms with van der Waals surface area (Å²) in [4.78, 5) is 59.5. The monoisotopic (exact) mass is 425 g/mol. The number of imide groups is 1. The van der Waals surface area contributed by atoms with Gasteiger partial charge < -0.3 is 10.1 Å². The van der Waals surface area contributed by atoms with E-state index in [1.807, 2.05) is 0 Å². The number of rotatable bonds is 8. The summed E-state index contributed by atoms with van der Waals surface area (Å²) in [7, 11) is 1.29. The van der Waals surface area contributed by atoms with Gasteiger partial charge in [0.25, 0.3) is 17.5 Å². The van der Waals surface area contributed by atoms with Crippen molar-refractivity contribution >= 4 is 29.4 Å². The number of carbonyl (C=O) groups excluding carboxylic acids is 4. The lowest BCUT2D eigenvalue weighted by atomic mass is 10.1. The first-order chi connectivity index (χ1) is 14.8. The number of nitro groups is 1. The Morgan fingerprint density at radius 2 is 1.74 bits per heavy atom. The number of benzene rings is 2. The van der Waals surface area contributed by atoms with Gasteiger partial charge in [0, 0.05) is 31.6 Å². The number of nitrogens with zero attached hydrogens (tertiary/aromatic N) is 2. The fraction of sp³-hybridized carbons (Fsp3) is 0.238. The number of nitrogens with one attached hydrogen (secondary N) is 1. The number of hydrogen-bond acceptors (Lipinski definition) is 7. The predicted octanol–water partition coefficient (Wildman–Crippen LogP) is 2.07. The minimum atomic E-state index is -0.631. The van der Waals surface area contributed by atoms with Gasteiger partial charge in [-0.05, 0) is 30.2 Å². The number of amides is 3. The van der Waals surface area contributed by atoms with Crippen LogP contribution in [0.5, 0.6) is 0 Å². The van der Waals surface area contributed by atoms with Crippen molar-refractivity contribution in [2.75, 3.05) is 13.7 Å². The highest BCUT2D eigenvalue weighted by atomic mass is 16.6. The molecule has 160 valence electrons. The van der Waals surface area contributed by atoms with E-state index in [1.165, 1.54) is 19.2 Å². The second kappa shape index (κ2) is 9.16. The zero-order valence-corrected chi connectivity index (χ0v) is 16.6. The molecule has 10 heteroatoms. The molecule has 0 bridgehead atoms. The topological polar surface area (TPSA) is 136 Å². The molecule has 0 saturated heterocycles. The molecule has 31 heavy (non-hydrogen) atoms. The fourth-order valence-electron chi connectivity index (χ4n) is 3.16. The summed E-state index contributed by atoms with van der Waals surface area (Å²) in [5.41, 5.74) is 1.06. The number of fused-ring (bicyclic) bond motifs is 1. The Labute approximate surface area is 176 Å². The second-order valence-corrected chi connectivity index (χ2v) is 6.82. The zero-order chi connectivity index (χ0) is 22.5. The number of methoxy groups -OCH3 is 1. The van der Waals surface area contributed by atoms with Gasteiger partial charge in [0.05, 0.1) is 28.7 Å². The van der Waals surface area contributed by atoms with Crippen molar-refractivity contribution in [1.82, 2.24) is 10.2 Å². The van der Waals surface area contributed by atoms with Crippen LogP contribution in [0.25, 0.3) is 0 Å². The molecule has 0 unspecified atom stereocenters. The van der Waals surface area contributed by atoms with Gasteiger partial charge >= 0.3 is 5.97 Å². The predicted molar refractivity (Wildman–Crippen MR) is 107 cm³/mol. The molecule has 0 aliphatic carbocycles. The van der Waals surface area contributed by atoms with Gasteiger partial charge in [0.15, 0.2) is 0 Å². The van der Waals surface area contributed by atoms with Gasteiger partial charge in [-0.3, -0.25) is 29.4 Å². The lowest BCUT2D eigenvalue weighted by molar-refractivity contribution is -0.384. The van der Waals surface area contributed by atoms with Crippen molar-refractivity contribution in [3.8, 4) is 0 Å². The number of non-ortho nitro benzene ring substituents is 1. The molecule has 1 heterocycles.